The molecule has 114 valence electrons. The Morgan fingerprint density at radius 2 is 2.10 bits per heavy atom. The van der Waals surface area contributed by atoms with Crippen LogP contribution in [-0.2, 0) is 9.53 Å². The zero-order chi connectivity index (χ0) is 14.3. The van der Waals surface area contributed by atoms with Crippen molar-refractivity contribution in [3.8, 4) is 0 Å². The zero-order valence-corrected chi connectivity index (χ0v) is 13.1. The van der Waals surface area contributed by atoms with E-state index in [-0.39, 0.29) is 24.4 Å². The SMILES string of the molecule is CC(C)CC(C)OCCC(=O)Nc1ccc(N)nc1.Cl. The maximum atomic E-state index is 11.7. The summed E-state index contributed by atoms with van der Waals surface area (Å²) in [5.41, 5.74) is 6.11. The van der Waals surface area contributed by atoms with Crippen LogP contribution in [0.25, 0.3) is 0 Å². The van der Waals surface area contributed by atoms with Crippen LogP contribution >= 0.6 is 12.4 Å². The molecule has 1 aromatic rings. The fourth-order valence-corrected chi connectivity index (χ4v) is 1.79. The Bertz CT molecular complexity index is 396. The van der Waals surface area contributed by atoms with Crippen LogP contribution in [0.3, 0.4) is 0 Å². The number of nitrogens with zero attached hydrogens (tertiary/aromatic N) is 1. The average Bonchev–Trinajstić information content (AvgIpc) is 2.31. The van der Waals surface area contributed by atoms with E-state index in [9.17, 15) is 4.79 Å². The second kappa shape index (κ2) is 9.55. The number of ether oxygens (including phenoxy) is 1. The van der Waals surface area contributed by atoms with Crippen molar-refractivity contribution in [2.75, 3.05) is 17.7 Å². The van der Waals surface area contributed by atoms with Crippen molar-refractivity contribution in [2.45, 2.75) is 39.7 Å². The van der Waals surface area contributed by atoms with Crippen molar-refractivity contribution < 1.29 is 9.53 Å². The summed E-state index contributed by atoms with van der Waals surface area (Å²) in [4.78, 5) is 15.6. The van der Waals surface area contributed by atoms with Crippen LogP contribution < -0.4 is 11.1 Å². The number of nitrogens with one attached hydrogen (secondary N) is 1. The third kappa shape index (κ3) is 7.96. The third-order valence-electron chi connectivity index (χ3n) is 2.60. The number of carbonyl (C=O) groups is 1. The van der Waals surface area contributed by atoms with E-state index in [0.717, 1.165) is 6.42 Å². The van der Waals surface area contributed by atoms with Gasteiger partial charge in [-0.25, -0.2) is 4.98 Å². The molecular formula is C14H24ClN3O2. The highest BCUT2D eigenvalue weighted by Crippen LogP contribution is 2.09. The second-order valence-corrected chi connectivity index (χ2v) is 5.08. The molecule has 0 fully saturated rings. The highest BCUT2D eigenvalue weighted by Gasteiger charge is 2.07. The van der Waals surface area contributed by atoms with E-state index in [1.165, 1.54) is 6.20 Å². The van der Waals surface area contributed by atoms with Gasteiger partial charge in [0.25, 0.3) is 0 Å². The second-order valence-electron chi connectivity index (χ2n) is 5.08. The molecule has 6 heteroatoms. The van der Waals surface area contributed by atoms with Crippen LogP contribution in [0.1, 0.15) is 33.6 Å². The highest BCUT2D eigenvalue weighted by atomic mass is 35.5. The quantitative estimate of drug-likeness (QED) is 0.812. The molecule has 1 unspecified atom stereocenters. The number of rotatable bonds is 7. The van der Waals surface area contributed by atoms with Crippen molar-refractivity contribution >= 4 is 29.8 Å². The number of nitrogens with two attached hydrogens (primary N) is 1. The Kier molecular flexibility index (Phi) is 8.92. The first-order valence-corrected chi connectivity index (χ1v) is 6.60. The van der Waals surface area contributed by atoms with E-state index in [2.05, 4.69) is 24.1 Å². The molecule has 0 saturated heterocycles. The molecule has 1 atom stereocenters. The minimum Gasteiger partial charge on any atom is -0.384 e. The van der Waals surface area contributed by atoms with E-state index in [0.29, 0.717) is 30.5 Å². The van der Waals surface area contributed by atoms with Crippen LogP contribution in [0, 0.1) is 5.92 Å². The van der Waals surface area contributed by atoms with E-state index >= 15 is 0 Å². The first-order valence-electron chi connectivity index (χ1n) is 6.60. The van der Waals surface area contributed by atoms with Crippen LogP contribution in [0.4, 0.5) is 11.5 Å². The summed E-state index contributed by atoms with van der Waals surface area (Å²) in [6, 6.07) is 3.37. The van der Waals surface area contributed by atoms with Gasteiger partial charge in [-0.05, 0) is 31.4 Å². The predicted octanol–water partition coefficient (Wildman–Crippen LogP) is 2.87. The topological polar surface area (TPSA) is 77.2 Å². The highest BCUT2D eigenvalue weighted by molar-refractivity contribution is 5.90. The summed E-state index contributed by atoms with van der Waals surface area (Å²) in [6.45, 7) is 6.77. The molecule has 0 bridgehead atoms. The largest absolute Gasteiger partial charge is 0.384 e. The van der Waals surface area contributed by atoms with E-state index in [1.807, 2.05) is 6.92 Å². The zero-order valence-electron chi connectivity index (χ0n) is 12.3. The lowest BCUT2D eigenvalue weighted by Crippen LogP contribution is -2.18. The molecule has 1 rings (SSSR count). The molecule has 1 amide bonds. The summed E-state index contributed by atoms with van der Waals surface area (Å²) in [5, 5.41) is 2.75. The van der Waals surface area contributed by atoms with Gasteiger partial charge in [-0.2, -0.15) is 0 Å². The molecule has 0 aromatic carbocycles. The minimum absolute atomic E-state index is 0. The number of hydrogen-bond donors (Lipinski definition) is 2. The van der Waals surface area contributed by atoms with Crippen molar-refractivity contribution in [2.24, 2.45) is 5.92 Å². The first-order chi connectivity index (χ1) is 8.97. The van der Waals surface area contributed by atoms with Gasteiger partial charge in [0.05, 0.1) is 31.0 Å². The Morgan fingerprint density at radius 1 is 1.40 bits per heavy atom. The third-order valence-corrected chi connectivity index (χ3v) is 2.60. The fourth-order valence-electron chi connectivity index (χ4n) is 1.79. The summed E-state index contributed by atoms with van der Waals surface area (Å²) < 4.78 is 5.58. The Balaban J connectivity index is 0.00000361. The lowest BCUT2D eigenvalue weighted by molar-refractivity contribution is -0.117. The number of aromatic nitrogens is 1. The number of anilines is 2. The molecule has 0 radical (unpaired) electrons. The molecule has 1 heterocycles. The van der Waals surface area contributed by atoms with Crippen LogP contribution in [0.15, 0.2) is 18.3 Å². The van der Waals surface area contributed by atoms with Gasteiger partial charge in [0.1, 0.15) is 5.82 Å². The van der Waals surface area contributed by atoms with Crippen molar-refractivity contribution in [3.63, 3.8) is 0 Å². The molecule has 20 heavy (non-hydrogen) atoms. The van der Waals surface area contributed by atoms with Crippen LogP contribution in [0.5, 0.6) is 0 Å². The number of amides is 1. The monoisotopic (exact) mass is 301 g/mol. The molecule has 0 aliphatic rings. The van der Waals surface area contributed by atoms with E-state index in [4.69, 9.17) is 10.5 Å². The number of halogens is 1. The van der Waals surface area contributed by atoms with Gasteiger partial charge in [0, 0.05) is 0 Å². The van der Waals surface area contributed by atoms with Crippen LogP contribution in [0.2, 0.25) is 0 Å². The molecule has 0 aliphatic heterocycles. The van der Waals surface area contributed by atoms with Crippen molar-refractivity contribution in [3.05, 3.63) is 18.3 Å². The molecule has 1 aromatic heterocycles. The Hall–Kier alpha value is -1.33. The smallest absolute Gasteiger partial charge is 0.226 e. The molecule has 5 nitrogen and oxygen atoms in total. The lowest BCUT2D eigenvalue weighted by Gasteiger charge is -2.14. The molecular weight excluding hydrogens is 278 g/mol. The first kappa shape index (κ1) is 18.7. The predicted molar refractivity (Wildman–Crippen MR) is 84.0 cm³/mol. The molecule has 0 spiro atoms. The fraction of sp³-hybridized carbons (Fsp3) is 0.571. The van der Waals surface area contributed by atoms with Gasteiger partial charge in [0.15, 0.2) is 0 Å². The minimum atomic E-state index is -0.0803. The molecule has 0 saturated carbocycles. The van der Waals surface area contributed by atoms with Gasteiger partial charge < -0.3 is 15.8 Å². The summed E-state index contributed by atoms with van der Waals surface area (Å²) in [5.74, 6) is 0.955. The van der Waals surface area contributed by atoms with E-state index < -0.39 is 0 Å². The summed E-state index contributed by atoms with van der Waals surface area (Å²) in [6.07, 6.45) is 3.07. The summed E-state index contributed by atoms with van der Waals surface area (Å²) >= 11 is 0. The Morgan fingerprint density at radius 3 is 2.65 bits per heavy atom. The maximum Gasteiger partial charge on any atom is 0.226 e. The number of carbonyl (C=O) groups excluding carboxylic acids is 1. The van der Waals surface area contributed by atoms with E-state index in [1.54, 1.807) is 12.1 Å². The van der Waals surface area contributed by atoms with Crippen molar-refractivity contribution in [1.29, 1.82) is 0 Å². The number of nitrogen functional groups attached to an aromatic ring is 1. The van der Waals surface area contributed by atoms with Gasteiger partial charge in [-0.1, -0.05) is 13.8 Å². The summed E-state index contributed by atoms with van der Waals surface area (Å²) in [7, 11) is 0. The standard InChI is InChI=1S/C14H23N3O2.ClH/c1-10(2)8-11(3)19-7-6-14(18)17-12-4-5-13(15)16-9-12;/h4-5,9-11H,6-8H2,1-3H3,(H2,15,16)(H,17,18);1H. The van der Waals surface area contributed by atoms with Gasteiger partial charge in [0.2, 0.25) is 5.91 Å². The Labute approximate surface area is 126 Å². The van der Waals surface area contributed by atoms with Gasteiger partial charge in [-0.15, -0.1) is 12.4 Å². The van der Waals surface area contributed by atoms with Gasteiger partial charge in [-0.3, -0.25) is 4.79 Å². The number of hydrogen-bond acceptors (Lipinski definition) is 4. The molecule has 3 N–H and O–H groups in total. The lowest BCUT2D eigenvalue weighted by atomic mass is 10.1. The van der Waals surface area contributed by atoms with Gasteiger partial charge >= 0.3 is 0 Å². The average molecular weight is 302 g/mol. The molecule has 0 aliphatic carbocycles. The maximum absolute atomic E-state index is 11.7. The van der Waals surface area contributed by atoms with Crippen molar-refractivity contribution in [1.82, 2.24) is 4.98 Å². The van der Waals surface area contributed by atoms with Crippen LogP contribution in [-0.4, -0.2) is 23.6 Å². The normalized spacial score (nSPS) is 11.8. The number of pyridine rings is 1.